The van der Waals surface area contributed by atoms with Gasteiger partial charge in [0.15, 0.2) is 0 Å². The van der Waals surface area contributed by atoms with Gasteiger partial charge in [-0.3, -0.25) is 0 Å². The second-order valence-corrected chi connectivity index (χ2v) is 4.56. The number of rotatable bonds is 4. The minimum Gasteiger partial charge on any atom is -0.396 e. The van der Waals surface area contributed by atoms with E-state index in [1.807, 2.05) is 0 Å². The first kappa shape index (κ1) is 11.0. The molecule has 0 aliphatic heterocycles. The SMILES string of the molecule is CC(C)CC(C)(CO)C(C)C. The zero-order valence-corrected chi connectivity index (χ0v) is 8.52. The summed E-state index contributed by atoms with van der Waals surface area (Å²) >= 11 is 0. The lowest BCUT2D eigenvalue weighted by atomic mass is 9.74. The van der Waals surface area contributed by atoms with Crippen molar-refractivity contribution in [1.82, 2.24) is 0 Å². The van der Waals surface area contributed by atoms with Gasteiger partial charge in [0.05, 0.1) is 0 Å². The van der Waals surface area contributed by atoms with Crippen LogP contribution in [0.2, 0.25) is 0 Å². The maximum absolute atomic E-state index is 9.20. The van der Waals surface area contributed by atoms with Crippen LogP contribution in [-0.2, 0) is 0 Å². The zero-order valence-electron chi connectivity index (χ0n) is 8.52. The lowest BCUT2D eigenvalue weighted by Crippen LogP contribution is -2.29. The highest BCUT2D eigenvalue weighted by atomic mass is 16.3. The molecule has 68 valence electrons. The van der Waals surface area contributed by atoms with Gasteiger partial charge in [0.25, 0.3) is 0 Å². The molecule has 0 radical (unpaired) electrons. The molecule has 0 saturated carbocycles. The molecule has 0 amide bonds. The van der Waals surface area contributed by atoms with Gasteiger partial charge < -0.3 is 5.11 Å². The second-order valence-electron chi connectivity index (χ2n) is 4.56. The molecule has 1 heteroatoms. The predicted molar refractivity (Wildman–Crippen MR) is 49.5 cm³/mol. The highest BCUT2D eigenvalue weighted by molar-refractivity contribution is 4.77. The third-order valence-corrected chi connectivity index (χ3v) is 2.63. The topological polar surface area (TPSA) is 20.2 Å². The van der Waals surface area contributed by atoms with Gasteiger partial charge in [0.1, 0.15) is 0 Å². The van der Waals surface area contributed by atoms with Crippen molar-refractivity contribution in [3.63, 3.8) is 0 Å². The maximum Gasteiger partial charge on any atom is 0.0487 e. The van der Waals surface area contributed by atoms with E-state index in [0.29, 0.717) is 18.4 Å². The zero-order chi connectivity index (χ0) is 9.07. The van der Waals surface area contributed by atoms with Crippen LogP contribution in [0, 0.1) is 17.3 Å². The molecule has 1 nitrogen and oxygen atoms in total. The van der Waals surface area contributed by atoms with Gasteiger partial charge in [-0.2, -0.15) is 0 Å². The third-order valence-electron chi connectivity index (χ3n) is 2.63. The molecule has 0 fully saturated rings. The Kier molecular flexibility index (Phi) is 4.09. The first-order valence-electron chi connectivity index (χ1n) is 4.53. The Morgan fingerprint density at radius 1 is 1.18 bits per heavy atom. The number of hydrogen-bond donors (Lipinski definition) is 1. The van der Waals surface area contributed by atoms with Gasteiger partial charge in [0, 0.05) is 6.61 Å². The fourth-order valence-corrected chi connectivity index (χ4v) is 1.42. The van der Waals surface area contributed by atoms with Gasteiger partial charge in [-0.25, -0.2) is 0 Å². The minimum atomic E-state index is 0.119. The molecule has 0 aromatic rings. The summed E-state index contributed by atoms with van der Waals surface area (Å²) in [5.41, 5.74) is 0.119. The number of aliphatic hydroxyl groups is 1. The summed E-state index contributed by atoms with van der Waals surface area (Å²) in [4.78, 5) is 0. The van der Waals surface area contributed by atoms with Crippen LogP contribution in [0.4, 0.5) is 0 Å². The predicted octanol–water partition coefficient (Wildman–Crippen LogP) is 2.69. The Hall–Kier alpha value is -0.0400. The summed E-state index contributed by atoms with van der Waals surface area (Å²) in [5.74, 6) is 1.24. The minimum absolute atomic E-state index is 0.119. The van der Waals surface area contributed by atoms with Crippen molar-refractivity contribution in [2.45, 2.75) is 41.0 Å². The number of aliphatic hydroxyl groups excluding tert-OH is 1. The first-order chi connectivity index (χ1) is 4.92. The third kappa shape index (κ3) is 3.24. The van der Waals surface area contributed by atoms with E-state index >= 15 is 0 Å². The molecule has 1 atom stereocenters. The van der Waals surface area contributed by atoms with E-state index in [1.165, 1.54) is 0 Å². The van der Waals surface area contributed by atoms with Crippen molar-refractivity contribution in [2.24, 2.45) is 17.3 Å². The lowest BCUT2D eigenvalue weighted by Gasteiger charge is -2.33. The molecule has 11 heavy (non-hydrogen) atoms. The van der Waals surface area contributed by atoms with E-state index in [2.05, 4.69) is 34.6 Å². The molecule has 1 N–H and O–H groups in total. The largest absolute Gasteiger partial charge is 0.396 e. The van der Waals surface area contributed by atoms with Crippen molar-refractivity contribution in [1.29, 1.82) is 0 Å². The molecule has 0 spiro atoms. The lowest BCUT2D eigenvalue weighted by molar-refractivity contribution is 0.0724. The van der Waals surface area contributed by atoms with E-state index in [4.69, 9.17) is 0 Å². The monoisotopic (exact) mass is 158 g/mol. The van der Waals surface area contributed by atoms with Crippen LogP contribution < -0.4 is 0 Å². The highest BCUT2D eigenvalue weighted by Gasteiger charge is 2.27. The molecule has 0 rings (SSSR count). The summed E-state index contributed by atoms with van der Waals surface area (Å²) in [5, 5.41) is 9.20. The summed E-state index contributed by atoms with van der Waals surface area (Å²) in [6, 6.07) is 0. The summed E-state index contributed by atoms with van der Waals surface area (Å²) < 4.78 is 0. The Bertz CT molecular complexity index is 107. The molecule has 0 aromatic heterocycles. The molecule has 0 bridgehead atoms. The quantitative estimate of drug-likeness (QED) is 0.667. The molecular weight excluding hydrogens is 136 g/mol. The van der Waals surface area contributed by atoms with Crippen LogP contribution in [0.5, 0.6) is 0 Å². The van der Waals surface area contributed by atoms with Gasteiger partial charge in [-0.15, -0.1) is 0 Å². The molecular formula is C10H22O. The van der Waals surface area contributed by atoms with Crippen LogP contribution in [-0.4, -0.2) is 11.7 Å². The normalized spacial score (nSPS) is 17.5. The van der Waals surface area contributed by atoms with Gasteiger partial charge in [-0.1, -0.05) is 34.6 Å². The van der Waals surface area contributed by atoms with Crippen LogP contribution in [0.15, 0.2) is 0 Å². The van der Waals surface area contributed by atoms with E-state index < -0.39 is 0 Å². The van der Waals surface area contributed by atoms with Crippen molar-refractivity contribution in [3.05, 3.63) is 0 Å². The Balaban J connectivity index is 4.10. The van der Waals surface area contributed by atoms with Gasteiger partial charge in [0.2, 0.25) is 0 Å². The molecule has 0 heterocycles. The van der Waals surface area contributed by atoms with Crippen LogP contribution in [0.3, 0.4) is 0 Å². The average Bonchev–Trinajstić information content (AvgIpc) is 1.86. The molecule has 0 aromatic carbocycles. The van der Waals surface area contributed by atoms with Crippen molar-refractivity contribution >= 4 is 0 Å². The summed E-state index contributed by atoms with van der Waals surface area (Å²) in [6.07, 6.45) is 1.11. The average molecular weight is 158 g/mol. The van der Waals surface area contributed by atoms with Crippen molar-refractivity contribution in [2.75, 3.05) is 6.61 Å². The Morgan fingerprint density at radius 3 is 1.73 bits per heavy atom. The Labute approximate surface area is 70.8 Å². The number of hydrogen-bond acceptors (Lipinski definition) is 1. The maximum atomic E-state index is 9.20. The van der Waals surface area contributed by atoms with E-state index in [0.717, 1.165) is 6.42 Å². The summed E-state index contributed by atoms with van der Waals surface area (Å²) in [7, 11) is 0. The highest BCUT2D eigenvalue weighted by Crippen LogP contribution is 2.33. The van der Waals surface area contributed by atoms with Crippen molar-refractivity contribution in [3.8, 4) is 0 Å². The second kappa shape index (κ2) is 4.10. The van der Waals surface area contributed by atoms with Crippen molar-refractivity contribution < 1.29 is 5.11 Å². The molecule has 0 aliphatic rings. The summed E-state index contributed by atoms with van der Waals surface area (Å²) in [6.45, 7) is 11.2. The standard InChI is InChI=1S/C10H22O/c1-8(2)6-10(5,7-11)9(3)4/h8-9,11H,6-7H2,1-5H3. The van der Waals surface area contributed by atoms with Gasteiger partial charge >= 0.3 is 0 Å². The van der Waals surface area contributed by atoms with Gasteiger partial charge in [-0.05, 0) is 23.7 Å². The molecule has 0 aliphatic carbocycles. The van der Waals surface area contributed by atoms with Crippen LogP contribution in [0.25, 0.3) is 0 Å². The van der Waals surface area contributed by atoms with E-state index in [1.54, 1.807) is 0 Å². The fraction of sp³-hybridized carbons (Fsp3) is 1.00. The molecule has 0 saturated heterocycles. The van der Waals surface area contributed by atoms with Crippen LogP contribution >= 0.6 is 0 Å². The smallest absolute Gasteiger partial charge is 0.0487 e. The molecule has 1 unspecified atom stereocenters. The Morgan fingerprint density at radius 2 is 1.64 bits per heavy atom. The van der Waals surface area contributed by atoms with E-state index in [-0.39, 0.29) is 5.41 Å². The first-order valence-corrected chi connectivity index (χ1v) is 4.53. The van der Waals surface area contributed by atoms with Crippen LogP contribution in [0.1, 0.15) is 41.0 Å². The fourth-order valence-electron chi connectivity index (χ4n) is 1.42. The van der Waals surface area contributed by atoms with E-state index in [9.17, 15) is 5.11 Å².